The fraction of sp³-hybridized carbons (Fsp3) is 0.182. The number of ether oxygens (including phenoxy) is 1. The summed E-state index contributed by atoms with van der Waals surface area (Å²) in [7, 11) is 0. The number of nitrogens with one attached hydrogen (secondary N) is 1. The second kappa shape index (κ2) is 7.83. The molecule has 0 radical (unpaired) electrons. The molecular formula is C22H21NO3. The van der Waals surface area contributed by atoms with Crippen LogP contribution in [0.25, 0.3) is 10.8 Å². The van der Waals surface area contributed by atoms with Crippen molar-refractivity contribution in [1.82, 2.24) is 0 Å². The fourth-order valence-electron chi connectivity index (χ4n) is 2.68. The van der Waals surface area contributed by atoms with E-state index in [9.17, 15) is 9.59 Å². The molecule has 3 rings (SSSR count). The van der Waals surface area contributed by atoms with Gasteiger partial charge < -0.3 is 10.1 Å². The van der Waals surface area contributed by atoms with Gasteiger partial charge in [-0.2, -0.15) is 0 Å². The van der Waals surface area contributed by atoms with Crippen LogP contribution in [-0.4, -0.2) is 18.5 Å². The highest BCUT2D eigenvalue weighted by molar-refractivity contribution is 5.98. The molecular weight excluding hydrogens is 326 g/mol. The van der Waals surface area contributed by atoms with Crippen LogP contribution in [-0.2, 0) is 9.53 Å². The molecule has 3 aromatic carbocycles. The molecule has 1 amide bonds. The van der Waals surface area contributed by atoms with E-state index in [0.29, 0.717) is 17.2 Å². The first-order chi connectivity index (χ1) is 12.5. The third-order valence-corrected chi connectivity index (χ3v) is 4.18. The van der Waals surface area contributed by atoms with Crippen molar-refractivity contribution in [2.45, 2.75) is 19.8 Å². The van der Waals surface area contributed by atoms with Crippen molar-refractivity contribution < 1.29 is 14.3 Å². The van der Waals surface area contributed by atoms with E-state index < -0.39 is 5.97 Å². The highest BCUT2D eigenvalue weighted by Gasteiger charge is 2.11. The van der Waals surface area contributed by atoms with E-state index in [4.69, 9.17) is 4.74 Å². The van der Waals surface area contributed by atoms with Crippen LogP contribution >= 0.6 is 0 Å². The number of benzene rings is 3. The Morgan fingerprint density at radius 1 is 0.923 bits per heavy atom. The van der Waals surface area contributed by atoms with E-state index in [-0.39, 0.29) is 12.5 Å². The third kappa shape index (κ3) is 4.28. The molecule has 0 aliphatic heterocycles. The van der Waals surface area contributed by atoms with Crippen molar-refractivity contribution in [3.05, 3.63) is 77.9 Å². The molecule has 26 heavy (non-hydrogen) atoms. The number of anilines is 1. The maximum atomic E-state index is 12.2. The normalized spacial score (nSPS) is 10.7. The minimum absolute atomic E-state index is 0.322. The van der Waals surface area contributed by atoms with Gasteiger partial charge in [-0.15, -0.1) is 0 Å². The van der Waals surface area contributed by atoms with Gasteiger partial charge in [-0.1, -0.05) is 56.3 Å². The van der Waals surface area contributed by atoms with E-state index >= 15 is 0 Å². The monoisotopic (exact) mass is 347 g/mol. The highest BCUT2D eigenvalue weighted by atomic mass is 16.5. The van der Waals surface area contributed by atoms with Crippen LogP contribution in [0.5, 0.6) is 0 Å². The zero-order chi connectivity index (χ0) is 18.5. The van der Waals surface area contributed by atoms with E-state index in [0.717, 1.165) is 10.8 Å². The predicted molar refractivity (Wildman–Crippen MR) is 103 cm³/mol. The first kappa shape index (κ1) is 17.7. The van der Waals surface area contributed by atoms with Crippen LogP contribution < -0.4 is 5.32 Å². The molecule has 0 atom stereocenters. The van der Waals surface area contributed by atoms with Crippen LogP contribution in [0.4, 0.5) is 5.69 Å². The summed E-state index contributed by atoms with van der Waals surface area (Å²) in [5.74, 6) is -0.444. The van der Waals surface area contributed by atoms with Crippen LogP contribution in [0.1, 0.15) is 35.7 Å². The lowest BCUT2D eigenvalue weighted by atomic mass is 10.0. The Kier molecular flexibility index (Phi) is 5.32. The largest absolute Gasteiger partial charge is 0.452 e. The summed E-state index contributed by atoms with van der Waals surface area (Å²) in [4.78, 5) is 24.2. The van der Waals surface area contributed by atoms with Gasteiger partial charge in [0.05, 0.1) is 5.56 Å². The van der Waals surface area contributed by atoms with Gasteiger partial charge in [-0.25, -0.2) is 4.79 Å². The first-order valence-electron chi connectivity index (χ1n) is 8.58. The summed E-state index contributed by atoms with van der Waals surface area (Å²) in [6, 6.07) is 20.7. The van der Waals surface area contributed by atoms with Crippen molar-refractivity contribution in [1.29, 1.82) is 0 Å². The quantitative estimate of drug-likeness (QED) is 0.677. The van der Waals surface area contributed by atoms with Gasteiger partial charge in [0.2, 0.25) is 0 Å². The number of hydrogen-bond donors (Lipinski definition) is 1. The van der Waals surface area contributed by atoms with Gasteiger partial charge in [0.25, 0.3) is 5.91 Å². The summed E-state index contributed by atoms with van der Waals surface area (Å²) in [5, 5.41) is 4.73. The Labute approximate surface area is 152 Å². The Morgan fingerprint density at radius 3 is 2.31 bits per heavy atom. The van der Waals surface area contributed by atoms with E-state index in [1.165, 1.54) is 5.56 Å². The second-order valence-corrected chi connectivity index (χ2v) is 6.46. The van der Waals surface area contributed by atoms with Crippen molar-refractivity contribution in [2.24, 2.45) is 0 Å². The van der Waals surface area contributed by atoms with Gasteiger partial charge in [-0.05, 0) is 46.5 Å². The van der Waals surface area contributed by atoms with E-state index in [1.807, 2.05) is 54.6 Å². The summed E-state index contributed by atoms with van der Waals surface area (Å²) >= 11 is 0. The molecule has 3 aromatic rings. The number of carbonyl (C=O) groups excluding carboxylic acids is 2. The van der Waals surface area contributed by atoms with Crippen LogP contribution in [0.3, 0.4) is 0 Å². The molecule has 0 heterocycles. The number of rotatable bonds is 5. The lowest BCUT2D eigenvalue weighted by Crippen LogP contribution is -2.20. The van der Waals surface area contributed by atoms with E-state index in [1.54, 1.807) is 12.1 Å². The summed E-state index contributed by atoms with van der Waals surface area (Å²) in [6.45, 7) is 3.90. The van der Waals surface area contributed by atoms with Crippen molar-refractivity contribution >= 4 is 28.3 Å². The fourth-order valence-corrected chi connectivity index (χ4v) is 2.68. The number of esters is 1. The van der Waals surface area contributed by atoms with Gasteiger partial charge in [0, 0.05) is 5.69 Å². The van der Waals surface area contributed by atoms with Crippen LogP contribution in [0.2, 0.25) is 0 Å². The van der Waals surface area contributed by atoms with Gasteiger partial charge in [0.15, 0.2) is 6.61 Å². The molecule has 0 aliphatic carbocycles. The minimum Gasteiger partial charge on any atom is -0.452 e. The molecule has 0 spiro atoms. The molecule has 0 unspecified atom stereocenters. The summed E-state index contributed by atoms with van der Waals surface area (Å²) in [5.41, 5.74) is 2.31. The van der Waals surface area contributed by atoms with Gasteiger partial charge in [0.1, 0.15) is 0 Å². The zero-order valence-electron chi connectivity index (χ0n) is 14.9. The Morgan fingerprint density at radius 2 is 1.62 bits per heavy atom. The average Bonchev–Trinajstić information content (AvgIpc) is 2.66. The van der Waals surface area contributed by atoms with E-state index in [2.05, 4.69) is 19.2 Å². The molecule has 4 heteroatoms. The average molecular weight is 347 g/mol. The first-order valence-corrected chi connectivity index (χ1v) is 8.58. The van der Waals surface area contributed by atoms with Crippen molar-refractivity contribution in [3.63, 3.8) is 0 Å². The molecule has 1 N–H and O–H groups in total. The Bertz CT molecular complexity index is 930. The Balaban J connectivity index is 1.57. The molecule has 0 aliphatic rings. The second-order valence-electron chi connectivity index (χ2n) is 6.46. The molecule has 4 nitrogen and oxygen atoms in total. The molecule has 0 saturated heterocycles. The zero-order valence-corrected chi connectivity index (χ0v) is 14.9. The summed E-state index contributed by atoms with van der Waals surface area (Å²) in [6.07, 6.45) is 0. The molecule has 0 aromatic heterocycles. The maximum absolute atomic E-state index is 12.2. The topological polar surface area (TPSA) is 55.4 Å². The van der Waals surface area contributed by atoms with Crippen LogP contribution in [0, 0.1) is 0 Å². The molecule has 132 valence electrons. The number of fused-ring (bicyclic) bond motifs is 1. The molecule has 0 fully saturated rings. The van der Waals surface area contributed by atoms with Crippen LogP contribution in [0.15, 0.2) is 66.7 Å². The highest BCUT2D eigenvalue weighted by Crippen LogP contribution is 2.18. The molecule has 0 saturated carbocycles. The number of carbonyl (C=O) groups is 2. The Hall–Kier alpha value is -3.14. The van der Waals surface area contributed by atoms with Gasteiger partial charge in [-0.3, -0.25) is 4.79 Å². The van der Waals surface area contributed by atoms with Crippen molar-refractivity contribution in [2.75, 3.05) is 11.9 Å². The predicted octanol–water partition coefficient (Wildman–Crippen LogP) is 4.76. The lowest BCUT2D eigenvalue weighted by Gasteiger charge is -2.09. The maximum Gasteiger partial charge on any atom is 0.338 e. The lowest BCUT2D eigenvalue weighted by molar-refractivity contribution is -0.119. The van der Waals surface area contributed by atoms with Crippen molar-refractivity contribution in [3.8, 4) is 0 Å². The summed E-state index contributed by atoms with van der Waals surface area (Å²) < 4.78 is 5.12. The third-order valence-electron chi connectivity index (χ3n) is 4.18. The smallest absolute Gasteiger partial charge is 0.338 e. The number of hydrogen-bond acceptors (Lipinski definition) is 3. The standard InChI is InChI=1S/C22H21NO3/c1-15(2)16-9-11-20(12-10-16)23-21(24)14-26-22(25)19-8-7-17-5-3-4-6-18(17)13-19/h3-13,15H,14H2,1-2H3,(H,23,24). The van der Waals surface area contributed by atoms with Gasteiger partial charge >= 0.3 is 5.97 Å². The SMILES string of the molecule is CC(C)c1ccc(NC(=O)COC(=O)c2ccc3ccccc3c2)cc1. The minimum atomic E-state index is -0.513. The molecule has 0 bridgehead atoms. The number of amides is 1.